The Labute approximate surface area is 204 Å². The van der Waals surface area contributed by atoms with Gasteiger partial charge in [-0.2, -0.15) is 0 Å². The second-order valence-electron chi connectivity index (χ2n) is 9.29. The van der Waals surface area contributed by atoms with Crippen LogP contribution < -0.4 is 9.80 Å². The lowest BCUT2D eigenvalue weighted by atomic mass is 9.96. The normalized spacial score (nSPS) is 16.1. The monoisotopic (exact) mass is 472 g/mol. The van der Waals surface area contributed by atoms with Gasteiger partial charge < -0.3 is 9.80 Å². The fourth-order valence-corrected chi connectivity index (χ4v) is 6.53. The van der Waals surface area contributed by atoms with E-state index < -0.39 is 0 Å². The largest absolute Gasteiger partial charge is 0.368 e. The van der Waals surface area contributed by atoms with E-state index in [2.05, 4.69) is 40.1 Å². The lowest BCUT2D eigenvalue weighted by molar-refractivity contribution is 0.624. The summed E-state index contributed by atoms with van der Waals surface area (Å²) >= 11 is 1.89. The third-order valence-electron chi connectivity index (χ3n) is 7.09. The van der Waals surface area contributed by atoms with Crippen molar-refractivity contribution in [2.45, 2.75) is 38.5 Å². The third-order valence-corrected chi connectivity index (χ3v) is 8.28. The number of nitrogens with zero attached hydrogens (tertiary/aromatic N) is 4. The van der Waals surface area contributed by atoms with E-state index in [1.807, 2.05) is 23.5 Å². The Bertz CT molecular complexity index is 1280. The molecule has 0 atom stereocenters. The minimum Gasteiger partial charge on any atom is -0.368 e. The average Bonchev–Trinajstić information content (AvgIpc) is 3.27. The van der Waals surface area contributed by atoms with Crippen molar-refractivity contribution in [3.05, 3.63) is 82.2 Å². The topological polar surface area (TPSA) is 32.3 Å². The fraction of sp³-hybridized carbons (Fsp3) is 0.357. The maximum atomic E-state index is 13.4. The molecule has 0 unspecified atom stereocenters. The molecule has 1 saturated heterocycles. The van der Waals surface area contributed by atoms with Crippen LogP contribution >= 0.6 is 11.3 Å². The Hall–Kier alpha value is -2.99. The molecule has 1 aliphatic carbocycles. The van der Waals surface area contributed by atoms with E-state index in [-0.39, 0.29) is 5.82 Å². The van der Waals surface area contributed by atoms with Gasteiger partial charge in [-0.3, -0.25) is 0 Å². The van der Waals surface area contributed by atoms with Crippen LogP contribution in [0, 0.1) is 5.82 Å². The summed E-state index contributed by atoms with van der Waals surface area (Å²) in [6, 6.07) is 17.5. The Morgan fingerprint density at radius 1 is 0.794 bits per heavy atom. The molecule has 34 heavy (non-hydrogen) atoms. The highest BCUT2D eigenvalue weighted by Crippen LogP contribution is 2.40. The number of anilines is 2. The first-order valence-electron chi connectivity index (χ1n) is 12.4. The van der Waals surface area contributed by atoms with E-state index in [0.29, 0.717) is 0 Å². The number of aromatic nitrogens is 2. The van der Waals surface area contributed by atoms with Gasteiger partial charge in [0.05, 0.1) is 5.39 Å². The van der Waals surface area contributed by atoms with Crippen molar-refractivity contribution in [3.8, 4) is 0 Å². The molecule has 0 saturated carbocycles. The second-order valence-corrected chi connectivity index (χ2v) is 10.4. The molecule has 174 valence electrons. The summed E-state index contributed by atoms with van der Waals surface area (Å²) in [5.41, 5.74) is 3.91. The van der Waals surface area contributed by atoms with Crippen LogP contribution in [0.2, 0.25) is 0 Å². The summed E-state index contributed by atoms with van der Waals surface area (Å²) in [5, 5.41) is 1.30. The van der Waals surface area contributed by atoms with Gasteiger partial charge >= 0.3 is 0 Å². The Balaban J connectivity index is 1.30. The van der Waals surface area contributed by atoms with Gasteiger partial charge in [0.25, 0.3) is 0 Å². The van der Waals surface area contributed by atoms with Gasteiger partial charge in [-0.15, -0.1) is 11.3 Å². The first kappa shape index (κ1) is 21.5. The van der Waals surface area contributed by atoms with Gasteiger partial charge in [-0.25, -0.2) is 14.4 Å². The highest BCUT2D eigenvalue weighted by Gasteiger charge is 2.26. The molecule has 2 aromatic carbocycles. The SMILES string of the molecule is Fc1ccc(N2CCN(c3nc(CCc4ccccc4)nc4sc5c(c34)CCCC5)CC2)cc1. The summed E-state index contributed by atoms with van der Waals surface area (Å²) in [6.07, 6.45) is 6.66. The summed E-state index contributed by atoms with van der Waals surface area (Å²) in [7, 11) is 0. The Morgan fingerprint density at radius 3 is 2.32 bits per heavy atom. The van der Waals surface area contributed by atoms with E-state index in [4.69, 9.17) is 9.97 Å². The maximum Gasteiger partial charge on any atom is 0.141 e. The molecule has 4 nitrogen and oxygen atoms in total. The maximum absolute atomic E-state index is 13.4. The zero-order valence-electron chi connectivity index (χ0n) is 19.3. The van der Waals surface area contributed by atoms with Crippen LogP contribution in [0.1, 0.15) is 34.7 Å². The van der Waals surface area contributed by atoms with Gasteiger partial charge in [0, 0.05) is 43.2 Å². The molecule has 2 aromatic heterocycles. The number of hydrogen-bond acceptors (Lipinski definition) is 5. The zero-order valence-corrected chi connectivity index (χ0v) is 20.2. The summed E-state index contributed by atoms with van der Waals surface area (Å²) in [6.45, 7) is 3.63. The summed E-state index contributed by atoms with van der Waals surface area (Å²) in [4.78, 5) is 17.7. The number of hydrogen-bond donors (Lipinski definition) is 0. The fourth-order valence-electron chi connectivity index (χ4n) is 5.25. The number of fused-ring (bicyclic) bond motifs is 3. The van der Waals surface area contributed by atoms with Crippen LogP contribution in [0.5, 0.6) is 0 Å². The highest BCUT2D eigenvalue weighted by molar-refractivity contribution is 7.19. The predicted octanol–water partition coefficient (Wildman–Crippen LogP) is 5.82. The summed E-state index contributed by atoms with van der Waals surface area (Å²) in [5.74, 6) is 1.90. The van der Waals surface area contributed by atoms with Crippen LogP contribution in [0.25, 0.3) is 10.2 Å². The molecule has 0 N–H and O–H groups in total. The van der Waals surface area contributed by atoms with Crippen molar-refractivity contribution >= 4 is 33.1 Å². The van der Waals surface area contributed by atoms with Crippen LogP contribution in [0.3, 0.4) is 0 Å². The van der Waals surface area contributed by atoms with E-state index in [1.54, 1.807) is 12.1 Å². The lowest BCUT2D eigenvalue weighted by Gasteiger charge is -2.37. The predicted molar refractivity (Wildman–Crippen MR) is 139 cm³/mol. The molecule has 0 bridgehead atoms. The van der Waals surface area contributed by atoms with Gasteiger partial charge in [0.1, 0.15) is 22.3 Å². The number of aryl methyl sites for hydroxylation is 4. The van der Waals surface area contributed by atoms with Gasteiger partial charge in [0.2, 0.25) is 0 Å². The van der Waals surface area contributed by atoms with Gasteiger partial charge in [-0.05, 0) is 67.5 Å². The summed E-state index contributed by atoms with van der Waals surface area (Å²) < 4.78 is 13.4. The van der Waals surface area contributed by atoms with E-state index in [1.165, 1.54) is 45.5 Å². The van der Waals surface area contributed by atoms with Crippen LogP contribution in [0.4, 0.5) is 15.9 Å². The molecule has 0 radical (unpaired) electrons. The number of thiophene rings is 1. The average molecular weight is 473 g/mol. The van der Waals surface area contributed by atoms with Gasteiger partial charge in [-0.1, -0.05) is 30.3 Å². The van der Waals surface area contributed by atoms with Gasteiger partial charge in [0.15, 0.2) is 0 Å². The van der Waals surface area contributed by atoms with Crippen molar-refractivity contribution in [3.63, 3.8) is 0 Å². The lowest BCUT2D eigenvalue weighted by Crippen LogP contribution is -2.47. The smallest absolute Gasteiger partial charge is 0.141 e. The van der Waals surface area contributed by atoms with Crippen molar-refractivity contribution in [1.29, 1.82) is 0 Å². The number of rotatable bonds is 5. The molecule has 0 amide bonds. The minimum atomic E-state index is -0.184. The zero-order chi connectivity index (χ0) is 22.9. The molecular weight excluding hydrogens is 443 g/mol. The molecule has 1 aliphatic heterocycles. The van der Waals surface area contributed by atoms with E-state index in [9.17, 15) is 4.39 Å². The first-order chi connectivity index (χ1) is 16.7. The molecule has 2 aliphatic rings. The van der Waals surface area contributed by atoms with Crippen molar-refractivity contribution in [2.24, 2.45) is 0 Å². The van der Waals surface area contributed by atoms with Crippen LogP contribution in [0.15, 0.2) is 54.6 Å². The van der Waals surface area contributed by atoms with Crippen LogP contribution in [-0.4, -0.2) is 36.1 Å². The van der Waals surface area contributed by atoms with E-state index in [0.717, 1.165) is 62.8 Å². The number of piperazine rings is 1. The Morgan fingerprint density at radius 2 is 1.53 bits per heavy atom. The molecule has 1 fully saturated rings. The third kappa shape index (κ3) is 4.27. The van der Waals surface area contributed by atoms with Crippen molar-refractivity contribution in [2.75, 3.05) is 36.0 Å². The molecular formula is C28H29FN4S. The molecule has 4 aromatic rings. The quantitative estimate of drug-likeness (QED) is 0.366. The molecule has 3 heterocycles. The van der Waals surface area contributed by atoms with Crippen molar-refractivity contribution < 1.29 is 4.39 Å². The number of halogens is 1. The van der Waals surface area contributed by atoms with Crippen LogP contribution in [-0.2, 0) is 25.7 Å². The highest BCUT2D eigenvalue weighted by atomic mass is 32.1. The molecule has 0 spiro atoms. The van der Waals surface area contributed by atoms with Crippen molar-refractivity contribution in [1.82, 2.24) is 9.97 Å². The molecule has 6 heteroatoms. The minimum absolute atomic E-state index is 0.184. The second kappa shape index (κ2) is 9.34. The molecule has 6 rings (SSSR count). The first-order valence-corrected chi connectivity index (χ1v) is 13.2. The Kier molecular flexibility index (Phi) is 5.91. The number of benzene rings is 2. The standard InChI is InChI=1S/C28H29FN4S/c29-21-11-13-22(14-12-21)32-16-18-33(19-17-32)27-26-23-8-4-5-9-24(23)34-28(26)31-25(30-27)15-10-20-6-2-1-3-7-20/h1-3,6-7,11-14H,4-5,8-10,15-19H2. The van der Waals surface area contributed by atoms with E-state index >= 15 is 0 Å².